The van der Waals surface area contributed by atoms with Crippen molar-refractivity contribution in [1.82, 2.24) is 24.6 Å². The molecule has 5 rings (SSSR count). The lowest BCUT2D eigenvalue weighted by Gasteiger charge is -2.28. The number of likely N-dealkylation sites (tertiary alicyclic amines) is 1. The van der Waals surface area contributed by atoms with Crippen LogP contribution in [0.2, 0.25) is 5.02 Å². The van der Waals surface area contributed by atoms with Crippen LogP contribution in [-0.4, -0.2) is 50.7 Å². The van der Waals surface area contributed by atoms with Crippen LogP contribution in [0.1, 0.15) is 32.1 Å². The Kier molecular flexibility index (Phi) is 7.48. The van der Waals surface area contributed by atoms with E-state index in [0.717, 1.165) is 50.3 Å². The lowest BCUT2D eigenvalue weighted by atomic mass is 9.92. The molecule has 2 aliphatic rings. The van der Waals surface area contributed by atoms with Gasteiger partial charge in [-0.15, -0.1) is 0 Å². The van der Waals surface area contributed by atoms with Crippen LogP contribution in [0.3, 0.4) is 0 Å². The Morgan fingerprint density at radius 3 is 2.72 bits per heavy atom. The third-order valence-corrected chi connectivity index (χ3v) is 6.92. The fraction of sp³-hybridized carbons (Fsp3) is 0.385. The molecule has 0 unspecified atom stereocenters. The lowest BCUT2D eigenvalue weighted by Crippen LogP contribution is -2.31. The van der Waals surface area contributed by atoms with Crippen LogP contribution >= 0.6 is 11.6 Å². The zero-order valence-electron chi connectivity index (χ0n) is 20.4. The summed E-state index contributed by atoms with van der Waals surface area (Å²) in [7, 11) is 2.17. The van der Waals surface area contributed by atoms with Gasteiger partial charge >= 0.3 is 0 Å². The van der Waals surface area contributed by atoms with Crippen molar-refractivity contribution in [2.75, 3.05) is 36.1 Å². The van der Waals surface area contributed by atoms with Gasteiger partial charge in [-0.25, -0.2) is 4.98 Å². The van der Waals surface area contributed by atoms with Gasteiger partial charge in [-0.05, 0) is 76.4 Å². The number of allylic oxidation sites excluding steroid dienone is 1. The molecule has 1 amide bonds. The third kappa shape index (κ3) is 6.41. The number of carbonyl (C=O) groups excluding carboxylic acids is 1. The molecule has 3 N–H and O–H groups in total. The Labute approximate surface area is 216 Å². The van der Waals surface area contributed by atoms with Crippen LogP contribution in [0.5, 0.6) is 0 Å². The van der Waals surface area contributed by atoms with Crippen molar-refractivity contribution >= 4 is 46.3 Å². The minimum absolute atomic E-state index is 0.107. The zero-order chi connectivity index (χ0) is 24.9. The van der Waals surface area contributed by atoms with Gasteiger partial charge in [0, 0.05) is 30.2 Å². The molecule has 1 aliphatic carbocycles. The lowest BCUT2D eigenvalue weighted by molar-refractivity contribution is -0.112. The Hall–Kier alpha value is -3.43. The average molecular weight is 507 g/mol. The molecule has 1 saturated heterocycles. The minimum atomic E-state index is -0.107. The summed E-state index contributed by atoms with van der Waals surface area (Å²) in [5.41, 5.74) is 3.46. The molecule has 36 heavy (non-hydrogen) atoms. The minimum Gasteiger partial charge on any atom is -0.339 e. The van der Waals surface area contributed by atoms with Crippen molar-refractivity contribution in [2.45, 2.75) is 38.6 Å². The highest BCUT2D eigenvalue weighted by atomic mass is 35.5. The summed E-state index contributed by atoms with van der Waals surface area (Å²) in [6.07, 6.45) is 12.6. The van der Waals surface area contributed by atoms with Crippen molar-refractivity contribution in [2.24, 2.45) is 5.92 Å². The second-order valence-corrected chi connectivity index (χ2v) is 9.97. The number of carbonyl (C=O) groups is 1. The highest BCUT2D eigenvalue weighted by Crippen LogP contribution is 2.27. The predicted octanol–water partition coefficient (Wildman–Crippen LogP) is 5.20. The highest BCUT2D eigenvalue weighted by Gasteiger charge is 2.17. The molecule has 1 saturated carbocycles. The number of rotatable bonds is 8. The third-order valence-electron chi connectivity index (χ3n) is 6.64. The fourth-order valence-corrected chi connectivity index (χ4v) is 4.52. The van der Waals surface area contributed by atoms with E-state index in [1.165, 1.54) is 18.4 Å². The normalized spacial score (nSPS) is 16.3. The Balaban J connectivity index is 1.21. The number of piperidine rings is 1. The maximum absolute atomic E-state index is 12.2. The Morgan fingerprint density at radius 2 is 1.94 bits per heavy atom. The molecule has 3 aromatic rings. The van der Waals surface area contributed by atoms with Gasteiger partial charge in [0.1, 0.15) is 5.02 Å². The van der Waals surface area contributed by atoms with E-state index in [-0.39, 0.29) is 5.91 Å². The fourth-order valence-electron chi connectivity index (χ4n) is 4.38. The summed E-state index contributed by atoms with van der Waals surface area (Å²) in [4.78, 5) is 23.4. The molecule has 0 bridgehead atoms. The standard InChI is InChI=1S/C26H31ClN8O/c1-34-10-8-19(9-11-34)16-35-17-22(14-29-35)32-26-28-15-23(27)25(33-26)31-21-7-3-6-20(13-21)30-24(36)12-18-4-2-5-18/h3,6-7,12-15,17,19H,2,4-5,8-11,16H2,1H3,(H,30,36)(H2,28,31,32,33). The molecule has 1 aromatic carbocycles. The van der Waals surface area contributed by atoms with Gasteiger partial charge < -0.3 is 20.9 Å². The van der Waals surface area contributed by atoms with Crippen molar-refractivity contribution in [1.29, 1.82) is 0 Å². The van der Waals surface area contributed by atoms with E-state index in [4.69, 9.17) is 11.6 Å². The van der Waals surface area contributed by atoms with E-state index in [9.17, 15) is 4.79 Å². The van der Waals surface area contributed by atoms with Gasteiger partial charge in [-0.2, -0.15) is 10.1 Å². The van der Waals surface area contributed by atoms with Crippen molar-refractivity contribution < 1.29 is 4.79 Å². The summed E-state index contributed by atoms with van der Waals surface area (Å²) >= 11 is 6.36. The summed E-state index contributed by atoms with van der Waals surface area (Å²) in [5, 5.41) is 14.2. The maximum atomic E-state index is 12.2. The van der Waals surface area contributed by atoms with Gasteiger partial charge in [0.2, 0.25) is 11.9 Å². The molecule has 10 heteroatoms. The molecule has 9 nitrogen and oxygen atoms in total. The Bertz CT molecular complexity index is 1240. The number of anilines is 5. The number of amides is 1. The van der Waals surface area contributed by atoms with Crippen LogP contribution < -0.4 is 16.0 Å². The molecular weight excluding hydrogens is 476 g/mol. The second kappa shape index (κ2) is 11.1. The van der Waals surface area contributed by atoms with Crippen LogP contribution in [-0.2, 0) is 11.3 Å². The highest BCUT2D eigenvalue weighted by molar-refractivity contribution is 6.32. The number of nitrogens with zero attached hydrogens (tertiary/aromatic N) is 5. The van der Waals surface area contributed by atoms with Crippen LogP contribution in [0.4, 0.5) is 28.8 Å². The number of nitrogens with one attached hydrogen (secondary N) is 3. The van der Waals surface area contributed by atoms with E-state index >= 15 is 0 Å². The van der Waals surface area contributed by atoms with Crippen LogP contribution in [0, 0.1) is 5.92 Å². The molecule has 2 aromatic heterocycles. The van der Waals surface area contributed by atoms with E-state index in [0.29, 0.717) is 28.4 Å². The average Bonchev–Trinajstić information content (AvgIpc) is 3.27. The molecule has 2 fully saturated rings. The molecule has 0 atom stereocenters. The first-order chi connectivity index (χ1) is 17.5. The predicted molar refractivity (Wildman–Crippen MR) is 143 cm³/mol. The van der Waals surface area contributed by atoms with Gasteiger partial charge in [-0.3, -0.25) is 9.48 Å². The molecule has 0 radical (unpaired) electrons. The molecule has 0 spiro atoms. The smallest absolute Gasteiger partial charge is 0.248 e. The van der Waals surface area contributed by atoms with E-state index in [1.54, 1.807) is 18.5 Å². The molecule has 1 aliphatic heterocycles. The number of benzene rings is 1. The quantitative estimate of drug-likeness (QED) is 0.361. The first-order valence-corrected chi connectivity index (χ1v) is 12.8. The van der Waals surface area contributed by atoms with Crippen molar-refractivity contribution in [3.05, 3.63) is 59.5 Å². The van der Waals surface area contributed by atoms with Gasteiger partial charge in [0.05, 0.1) is 18.1 Å². The zero-order valence-corrected chi connectivity index (χ0v) is 21.1. The van der Waals surface area contributed by atoms with Crippen LogP contribution in [0.15, 0.2) is 54.5 Å². The second-order valence-electron chi connectivity index (χ2n) is 9.56. The topological polar surface area (TPSA) is 100 Å². The van der Waals surface area contributed by atoms with E-state index in [2.05, 4.69) is 43.0 Å². The van der Waals surface area contributed by atoms with Crippen molar-refractivity contribution in [3.8, 4) is 0 Å². The monoisotopic (exact) mass is 506 g/mol. The first-order valence-electron chi connectivity index (χ1n) is 12.4. The number of halogens is 1. The number of hydrogen-bond acceptors (Lipinski definition) is 7. The first kappa shape index (κ1) is 24.3. The summed E-state index contributed by atoms with van der Waals surface area (Å²) in [5.74, 6) is 1.42. The van der Waals surface area contributed by atoms with Gasteiger partial charge in [0.25, 0.3) is 0 Å². The van der Waals surface area contributed by atoms with Gasteiger partial charge in [0.15, 0.2) is 5.82 Å². The molecule has 188 valence electrons. The van der Waals surface area contributed by atoms with E-state index in [1.807, 2.05) is 35.1 Å². The summed E-state index contributed by atoms with van der Waals surface area (Å²) in [6, 6.07) is 7.44. The SMILES string of the molecule is CN1CCC(Cn2cc(Nc3ncc(Cl)c(Nc4cccc(NC(=O)C=C5CCC5)c4)n3)cn2)CC1. The Morgan fingerprint density at radius 1 is 1.14 bits per heavy atom. The number of hydrogen-bond donors (Lipinski definition) is 3. The largest absolute Gasteiger partial charge is 0.339 e. The van der Waals surface area contributed by atoms with Gasteiger partial charge in [-0.1, -0.05) is 23.2 Å². The summed E-state index contributed by atoms with van der Waals surface area (Å²) in [6.45, 7) is 3.19. The van der Waals surface area contributed by atoms with Crippen LogP contribution in [0.25, 0.3) is 0 Å². The maximum Gasteiger partial charge on any atom is 0.248 e. The number of aromatic nitrogens is 4. The van der Waals surface area contributed by atoms with Crippen molar-refractivity contribution in [3.63, 3.8) is 0 Å². The molecule has 3 heterocycles. The summed E-state index contributed by atoms with van der Waals surface area (Å²) < 4.78 is 1.98. The molecular formula is C26H31ClN8O. The van der Waals surface area contributed by atoms with E-state index < -0.39 is 0 Å².